The highest BCUT2D eigenvalue weighted by atomic mass is 16.5. The van der Waals surface area contributed by atoms with Gasteiger partial charge in [-0.15, -0.1) is 0 Å². The highest BCUT2D eigenvalue weighted by Crippen LogP contribution is 2.31. The first kappa shape index (κ1) is 14.7. The zero-order valence-corrected chi connectivity index (χ0v) is 12.8. The number of hydrogen-bond donors (Lipinski definition) is 1. The number of carbonyl (C=O) groups excluding carboxylic acids is 1. The Bertz CT molecular complexity index is 709. The Morgan fingerprint density at radius 1 is 1.32 bits per heavy atom. The van der Waals surface area contributed by atoms with Crippen LogP contribution < -0.4 is 4.74 Å². The van der Waals surface area contributed by atoms with Gasteiger partial charge in [0.05, 0.1) is 12.8 Å². The summed E-state index contributed by atoms with van der Waals surface area (Å²) in [6.07, 6.45) is 3.10. The topological polar surface area (TPSA) is 59.4 Å². The summed E-state index contributed by atoms with van der Waals surface area (Å²) in [5, 5.41) is 10.8. The normalized spacial score (nSPS) is 20.6. The van der Waals surface area contributed by atoms with Crippen molar-refractivity contribution in [1.82, 2.24) is 4.98 Å². The molecule has 1 aliphatic rings. The maximum Gasteiger partial charge on any atom is 0.196 e. The predicted molar refractivity (Wildman–Crippen MR) is 83.3 cm³/mol. The second-order valence-corrected chi connectivity index (χ2v) is 5.89. The first-order valence-corrected chi connectivity index (χ1v) is 7.37. The largest absolute Gasteiger partial charge is 0.497 e. The average Bonchev–Trinajstić information content (AvgIpc) is 2.52. The van der Waals surface area contributed by atoms with Crippen molar-refractivity contribution in [1.29, 1.82) is 0 Å². The number of carbonyl (C=O) groups is 1. The van der Waals surface area contributed by atoms with Gasteiger partial charge in [0.15, 0.2) is 5.78 Å². The molecular formula is C18H19NO3. The molecule has 1 aromatic carbocycles. The maximum atomic E-state index is 12.7. The lowest BCUT2D eigenvalue weighted by Crippen LogP contribution is -2.45. The van der Waals surface area contributed by atoms with E-state index in [0.29, 0.717) is 24.8 Å². The quantitative estimate of drug-likeness (QED) is 0.945. The summed E-state index contributed by atoms with van der Waals surface area (Å²) >= 11 is 0. The molecule has 0 saturated carbocycles. The number of aliphatic hydroxyl groups is 1. The number of rotatable bonds is 3. The lowest BCUT2D eigenvalue weighted by atomic mass is 9.77. The number of aryl methyl sites for hydroxylation is 2. The summed E-state index contributed by atoms with van der Waals surface area (Å²) < 4.78 is 5.13. The van der Waals surface area contributed by atoms with Crippen molar-refractivity contribution in [2.24, 2.45) is 0 Å². The molecule has 22 heavy (non-hydrogen) atoms. The van der Waals surface area contributed by atoms with Crippen molar-refractivity contribution >= 4 is 5.78 Å². The number of ketones is 1. The van der Waals surface area contributed by atoms with Gasteiger partial charge < -0.3 is 9.84 Å². The molecule has 0 radical (unpaired) electrons. The standard InChI is InChI=1S/C18H19NO3/c1-12-9-15-16(19-11-12)7-8-18(21,17(15)20)10-13-3-5-14(22-2)6-4-13/h3-6,9,11,21H,7-8,10H2,1-2H3. The Balaban J connectivity index is 1.88. The van der Waals surface area contributed by atoms with Gasteiger partial charge in [0, 0.05) is 18.2 Å². The van der Waals surface area contributed by atoms with E-state index in [1.807, 2.05) is 37.3 Å². The number of methoxy groups -OCH3 is 1. The molecule has 0 bridgehead atoms. The van der Waals surface area contributed by atoms with Gasteiger partial charge in [0.25, 0.3) is 0 Å². The summed E-state index contributed by atoms with van der Waals surface area (Å²) in [5.74, 6) is 0.539. The Labute approximate surface area is 129 Å². The van der Waals surface area contributed by atoms with E-state index in [9.17, 15) is 9.90 Å². The molecule has 1 atom stereocenters. The second kappa shape index (κ2) is 5.54. The van der Waals surface area contributed by atoms with Crippen LogP contribution in [0, 0.1) is 6.92 Å². The lowest BCUT2D eigenvalue weighted by Gasteiger charge is -2.31. The Hall–Kier alpha value is -2.20. The number of hydrogen-bond acceptors (Lipinski definition) is 4. The number of pyridine rings is 1. The van der Waals surface area contributed by atoms with E-state index in [1.54, 1.807) is 13.3 Å². The number of aromatic nitrogens is 1. The first-order valence-electron chi connectivity index (χ1n) is 7.37. The minimum atomic E-state index is -1.35. The molecule has 0 aliphatic heterocycles. The fourth-order valence-electron chi connectivity index (χ4n) is 2.93. The Kier molecular flexibility index (Phi) is 3.71. The molecule has 0 spiro atoms. The SMILES string of the molecule is COc1ccc(CC2(O)CCc3ncc(C)cc3C2=O)cc1. The van der Waals surface area contributed by atoms with E-state index in [4.69, 9.17) is 4.74 Å². The molecule has 1 N–H and O–H groups in total. The van der Waals surface area contributed by atoms with Gasteiger partial charge in [-0.3, -0.25) is 9.78 Å². The van der Waals surface area contributed by atoms with E-state index >= 15 is 0 Å². The van der Waals surface area contributed by atoms with Crippen molar-refractivity contribution in [3.8, 4) is 5.75 Å². The third-order valence-electron chi connectivity index (χ3n) is 4.21. The van der Waals surface area contributed by atoms with Gasteiger partial charge in [0.1, 0.15) is 11.4 Å². The van der Waals surface area contributed by atoms with E-state index < -0.39 is 5.60 Å². The van der Waals surface area contributed by atoms with Crippen LogP contribution in [0.25, 0.3) is 0 Å². The Morgan fingerprint density at radius 3 is 2.73 bits per heavy atom. The molecular weight excluding hydrogens is 278 g/mol. The van der Waals surface area contributed by atoms with Crippen LogP contribution in [-0.4, -0.2) is 28.6 Å². The van der Waals surface area contributed by atoms with Crippen LogP contribution in [0.2, 0.25) is 0 Å². The van der Waals surface area contributed by atoms with Crippen LogP contribution in [0.3, 0.4) is 0 Å². The lowest BCUT2D eigenvalue weighted by molar-refractivity contribution is 0.0242. The van der Waals surface area contributed by atoms with Crippen molar-refractivity contribution in [3.05, 3.63) is 58.9 Å². The number of nitrogens with zero attached hydrogens (tertiary/aromatic N) is 1. The van der Waals surface area contributed by atoms with E-state index in [-0.39, 0.29) is 5.78 Å². The van der Waals surface area contributed by atoms with Gasteiger partial charge in [0.2, 0.25) is 0 Å². The van der Waals surface area contributed by atoms with Crippen molar-refractivity contribution in [2.45, 2.75) is 31.8 Å². The third kappa shape index (κ3) is 2.62. The summed E-state index contributed by atoms with van der Waals surface area (Å²) in [6, 6.07) is 9.27. The molecule has 1 unspecified atom stereocenters. The molecule has 4 nitrogen and oxygen atoms in total. The predicted octanol–water partition coefficient (Wildman–Crippen LogP) is 2.50. The van der Waals surface area contributed by atoms with Crippen molar-refractivity contribution in [3.63, 3.8) is 0 Å². The third-order valence-corrected chi connectivity index (χ3v) is 4.21. The van der Waals surface area contributed by atoms with Gasteiger partial charge in [-0.05, 0) is 49.1 Å². The van der Waals surface area contributed by atoms with Crippen LogP contribution in [0.4, 0.5) is 0 Å². The van der Waals surface area contributed by atoms with Crippen molar-refractivity contribution < 1.29 is 14.6 Å². The number of ether oxygens (including phenoxy) is 1. The minimum Gasteiger partial charge on any atom is -0.497 e. The minimum absolute atomic E-state index is 0.222. The average molecular weight is 297 g/mol. The van der Waals surface area contributed by atoms with Gasteiger partial charge in [-0.1, -0.05) is 12.1 Å². The van der Waals surface area contributed by atoms with Crippen LogP contribution in [0.15, 0.2) is 36.5 Å². The van der Waals surface area contributed by atoms with E-state index in [0.717, 1.165) is 22.6 Å². The molecule has 0 amide bonds. The Morgan fingerprint density at radius 2 is 2.05 bits per heavy atom. The van der Waals surface area contributed by atoms with Gasteiger partial charge in [-0.25, -0.2) is 0 Å². The highest BCUT2D eigenvalue weighted by molar-refractivity contribution is 6.04. The fourth-order valence-corrected chi connectivity index (χ4v) is 2.93. The maximum absolute atomic E-state index is 12.7. The molecule has 114 valence electrons. The summed E-state index contributed by atoms with van der Waals surface area (Å²) in [5.41, 5.74) is 1.84. The van der Waals surface area contributed by atoms with Gasteiger partial charge >= 0.3 is 0 Å². The number of Topliss-reactive ketones (excluding diaryl/α,β-unsaturated/α-hetero) is 1. The molecule has 1 aliphatic carbocycles. The van der Waals surface area contributed by atoms with Gasteiger partial charge in [-0.2, -0.15) is 0 Å². The number of benzene rings is 1. The fraction of sp³-hybridized carbons (Fsp3) is 0.333. The summed E-state index contributed by atoms with van der Waals surface area (Å²) in [7, 11) is 1.61. The number of fused-ring (bicyclic) bond motifs is 1. The molecule has 3 rings (SSSR count). The van der Waals surface area contributed by atoms with Crippen LogP contribution in [0.1, 0.15) is 33.6 Å². The molecule has 1 aromatic heterocycles. The van der Waals surface area contributed by atoms with Crippen molar-refractivity contribution in [2.75, 3.05) is 7.11 Å². The van der Waals surface area contributed by atoms with E-state index in [2.05, 4.69) is 4.98 Å². The van der Waals surface area contributed by atoms with Crippen LogP contribution in [-0.2, 0) is 12.8 Å². The molecule has 1 heterocycles. The molecule has 2 aromatic rings. The molecule has 0 fully saturated rings. The highest BCUT2D eigenvalue weighted by Gasteiger charge is 2.41. The molecule has 4 heteroatoms. The zero-order chi connectivity index (χ0) is 15.7. The first-order chi connectivity index (χ1) is 10.5. The second-order valence-electron chi connectivity index (χ2n) is 5.89. The smallest absolute Gasteiger partial charge is 0.196 e. The van der Waals surface area contributed by atoms with E-state index in [1.165, 1.54) is 0 Å². The van der Waals surface area contributed by atoms with Crippen LogP contribution >= 0.6 is 0 Å². The molecule has 0 saturated heterocycles. The zero-order valence-electron chi connectivity index (χ0n) is 12.8. The monoisotopic (exact) mass is 297 g/mol. The van der Waals surface area contributed by atoms with Crippen LogP contribution in [0.5, 0.6) is 5.75 Å². The summed E-state index contributed by atoms with van der Waals surface area (Å²) in [4.78, 5) is 17.0. The summed E-state index contributed by atoms with van der Waals surface area (Å²) in [6.45, 7) is 1.90.